The van der Waals surface area contributed by atoms with Crippen LogP contribution < -0.4 is 5.73 Å². The van der Waals surface area contributed by atoms with Crippen molar-refractivity contribution < 1.29 is 4.74 Å². The van der Waals surface area contributed by atoms with E-state index in [1.54, 1.807) is 0 Å². The van der Waals surface area contributed by atoms with E-state index in [9.17, 15) is 0 Å². The fourth-order valence-electron chi connectivity index (χ4n) is 3.04. The van der Waals surface area contributed by atoms with Gasteiger partial charge in [-0.2, -0.15) is 0 Å². The summed E-state index contributed by atoms with van der Waals surface area (Å²) in [5, 5.41) is 0. The van der Waals surface area contributed by atoms with Gasteiger partial charge in [0.1, 0.15) is 0 Å². The number of ether oxygens (including phenoxy) is 1. The molecule has 3 nitrogen and oxygen atoms in total. The maximum atomic E-state index is 6.39. The van der Waals surface area contributed by atoms with Crippen molar-refractivity contribution >= 4 is 0 Å². The molecule has 1 heterocycles. The zero-order chi connectivity index (χ0) is 11.4. The van der Waals surface area contributed by atoms with Gasteiger partial charge in [0.05, 0.1) is 0 Å². The van der Waals surface area contributed by atoms with Crippen molar-refractivity contribution in [2.75, 3.05) is 26.8 Å². The van der Waals surface area contributed by atoms with Gasteiger partial charge in [0.15, 0.2) is 0 Å². The fourth-order valence-corrected chi connectivity index (χ4v) is 3.04. The lowest BCUT2D eigenvalue weighted by atomic mass is 9.94. The van der Waals surface area contributed by atoms with Crippen molar-refractivity contribution in [3.05, 3.63) is 0 Å². The van der Waals surface area contributed by atoms with E-state index in [0.29, 0.717) is 0 Å². The molecule has 2 rings (SSSR count). The number of hydrogen-bond donors (Lipinski definition) is 1. The molecule has 0 aromatic carbocycles. The van der Waals surface area contributed by atoms with E-state index in [2.05, 4.69) is 11.9 Å². The highest BCUT2D eigenvalue weighted by Crippen LogP contribution is 2.30. The molecule has 16 heavy (non-hydrogen) atoms. The summed E-state index contributed by atoms with van der Waals surface area (Å²) < 4.78 is 5.40. The molecule has 0 aromatic rings. The topological polar surface area (TPSA) is 38.5 Å². The number of nitrogens with zero attached hydrogens (tertiary/aromatic N) is 1. The van der Waals surface area contributed by atoms with Crippen molar-refractivity contribution in [3.63, 3.8) is 0 Å². The van der Waals surface area contributed by atoms with Crippen LogP contribution in [0.1, 0.15) is 44.9 Å². The zero-order valence-electron chi connectivity index (χ0n) is 10.6. The molecular weight excluding hydrogens is 200 g/mol. The van der Waals surface area contributed by atoms with Crippen LogP contribution in [-0.4, -0.2) is 43.3 Å². The molecule has 1 saturated carbocycles. The van der Waals surface area contributed by atoms with E-state index in [4.69, 9.17) is 10.5 Å². The highest BCUT2D eigenvalue weighted by atomic mass is 16.5. The van der Waals surface area contributed by atoms with Gasteiger partial charge in [-0.3, -0.25) is 0 Å². The Morgan fingerprint density at radius 1 is 1.25 bits per heavy atom. The van der Waals surface area contributed by atoms with E-state index >= 15 is 0 Å². The van der Waals surface area contributed by atoms with Crippen LogP contribution in [0.2, 0.25) is 0 Å². The average Bonchev–Trinajstić information content (AvgIpc) is 2.75. The molecule has 1 saturated heterocycles. The van der Waals surface area contributed by atoms with Gasteiger partial charge in [0.25, 0.3) is 0 Å². The monoisotopic (exact) mass is 226 g/mol. The summed E-state index contributed by atoms with van der Waals surface area (Å²) in [6.45, 7) is 3.02. The lowest BCUT2D eigenvalue weighted by molar-refractivity contribution is 0.0409. The minimum absolute atomic E-state index is 0.152. The SMILES string of the molecule is CN(CCC1(N)CCCC1)C1CCOCC1. The van der Waals surface area contributed by atoms with Crippen LogP contribution in [0, 0.1) is 0 Å². The van der Waals surface area contributed by atoms with Crippen LogP contribution in [0.25, 0.3) is 0 Å². The van der Waals surface area contributed by atoms with Crippen LogP contribution in [0.3, 0.4) is 0 Å². The first kappa shape index (κ1) is 12.3. The molecule has 0 atom stereocenters. The zero-order valence-corrected chi connectivity index (χ0v) is 10.6. The van der Waals surface area contributed by atoms with Crippen LogP contribution in [-0.2, 0) is 4.74 Å². The summed E-state index contributed by atoms with van der Waals surface area (Å²) >= 11 is 0. The molecule has 0 unspecified atom stereocenters. The molecule has 2 fully saturated rings. The first-order chi connectivity index (χ1) is 7.70. The van der Waals surface area contributed by atoms with E-state index < -0.39 is 0 Å². The summed E-state index contributed by atoms with van der Waals surface area (Å²) in [4.78, 5) is 2.50. The molecule has 94 valence electrons. The van der Waals surface area contributed by atoms with Crippen LogP contribution >= 0.6 is 0 Å². The van der Waals surface area contributed by atoms with E-state index in [0.717, 1.165) is 25.8 Å². The third-order valence-electron chi connectivity index (χ3n) is 4.38. The van der Waals surface area contributed by atoms with Crippen molar-refractivity contribution in [1.29, 1.82) is 0 Å². The van der Waals surface area contributed by atoms with Gasteiger partial charge in [-0.05, 0) is 45.7 Å². The highest BCUT2D eigenvalue weighted by molar-refractivity contribution is 4.90. The summed E-state index contributed by atoms with van der Waals surface area (Å²) in [5.74, 6) is 0. The normalized spacial score (nSPS) is 26.4. The predicted octanol–water partition coefficient (Wildman–Crippen LogP) is 1.76. The van der Waals surface area contributed by atoms with Crippen molar-refractivity contribution in [2.45, 2.75) is 56.5 Å². The Kier molecular flexibility index (Phi) is 4.22. The van der Waals surface area contributed by atoms with Gasteiger partial charge in [-0.15, -0.1) is 0 Å². The molecule has 0 spiro atoms. The predicted molar refractivity (Wildman–Crippen MR) is 66.5 cm³/mol. The maximum absolute atomic E-state index is 6.39. The quantitative estimate of drug-likeness (QED) is 0.794. The van der Waals surface area contributed by atoms with Gasteiger partial charge < -0.3 is 15.4 Å². The summed E-state index contributed by atoms with van der Waals surface area (Å²) in [6, 6.07) is 0.721. The lowest BCUT2D eigenvalue weighted by Gasteiger charge is -2.33. The summed E-state index contributed by atoms with van der Waals surface area (Å²) in [6.07, 6.45) is 8.67. The van der Waals surface area contributed by atoms with E-state index in [-0.39, 0.29) is 5.54 Å². The Morgan fingerprint density at radius 3 is 2.50 bits per heavy atom. The number of nitrogens with two attached hydrogens (primary N) is 1. The largest absolute Gasteiger partial charge is 0.381 e. The molecule has 0 radical (unpaired) electrons. The van der Waals surface area contributed by atoms with Crippen LogP contribution in [0.4, 0.5) is 0 Å². The molecule has 2 aliphatic rings. The Bertz CT molecular complexity index is 208. The van der Waals surface area contributed by atoms with Crippen molar-refractivity contribution in [1.82, 2.24) is 4.90 Å². The maximum Gasteiger partial charge on any atom is 0.0480 e. The number of rotatable bonds is 4. The first-order valence-electron chi connectivity index (χ1n) is 6.76. The van der Waals surface area contributed by atoms with Gasteiger partial charge in [-0.25, -0.2) is 0 Å². The second kappa shape index (κ2) is 5.48. The molecule has 0 bridgehead atoms. The molecule has 0 amide bonds. The first-order valence-corrected chi connectivity index (χ1v) is 6.76. The van der Waals surface area contributed by atoms with Gasteiger partial charge in [0, 0.05) is 24.8 Å². The molecule has 1 aliphatic carbocycles. The van der Waals surface area contributed by atoms with Gasteiger partial charge in [-0.1, -0.05) is 12.8 Å². The third kappa shape index (κ3) is 3.19. The Balaban J connectivity index is 1.71. The Morgan fingerprint density at radius 2 is 1.88 bits per heavy atom. The summed E-state index contributed by atoms with van der Waals surface area (Å²) in [5.41, 5.74) is 6.54. The standard InChI is InChI=1S/C13H26N2O/c1-15(12-4-10-16-11-5-12)9-8-13(14)6-2-3-7-13/h12H,2-11,14H2,1H3. The minimum Gasteiger partial charge on any atom is -0.381 e. The van der Waals surface area contributed by atoms with Gasteiger partial charge in [0.2, 0.25) is 0 Å². The smallest absolute Gasteiger partial charge is 0.0480 e. The highest BCUT2D eigenvalue weighted by Gasteiger charge is 2.30. The Labute approximate surface area is 99.3 Å². The van der Waals surface area contributed by atoms with E-state index in [1.165, 1.54) is 44.9 Å². The lowest BCUT2D eigenvalue weighted by Crippen LogP contribution is -2.43. The van der Waals surface area contributed by atoms with Crippen molar-refractivity contribution in [2.24, 2.45) is 5.73 Å². The van der Waals surface area contributed by atoms with Crippen LogP contribution in [0.5, 0.6) is 0 Å². The molecule has 1 aliphatic heterocycles. The second-order valence-electron chi connectivity index (χ2n) is 5.64. The average molecular weight is 226 g/mol. The fraction of sp³-hybridized carbons (Fsp3) is 1.00. The number of hydrogen-bond acceptors (Lipinski definition) is 3. The third-order valence-corrected chi connectivity index (χ3v) is 4.38. The van der Waals surface area contributed by atoms with E-state index in [1.807, 2.05) is 0 Å². The van der Waals surface area contributed by atoms with Crippen molar-refractivity contribution in [3.8, 4) is 0 Å². The van der Waals surface area contributed by atoms with Gasteiger partial charge >= 0.3 is 0 Å². The molecule has 3 heteroatoms. The molecule has 2 N–H and O–H groups in total. The van der Waals surface area contributed by atoms with Crippen LogP contribution in [0.15, 0.2) is 0 Å². The Hall–Kier alpha value is -0.120. The second-order valence-corrected chi connectivity index (χ2v) is 5.64. The molecular formula is C13H26N2O. The molecule has 0 aromatic heterocycles. The minimum atomic E-state index is 0.152. The summed E-state index contributed by atoms with van der Waals surface area (Å²) in [7, 11) is 2.24.